The Morgan fingerprint density at radius 2 is 1.87 bits per heavy atom. The first-order valence-electron chi connectivity index (χ1n) is 7.03. The van der Waals surface area contributed by atoms with E-state index in [2.05, 4.69) is 0 Å². The summed E-state index contributed by atoms with van der Waals surface area (Å²) in [5.41, 5.74) is 1.81. The van der Waals surface area contributed by atoms with Crippen LogP contribution in [0.4, 0.5) is 18.9 Å². The molecule has 0 spiro atoms. The van der Waals surface area contributed by atoms with Crippen LogP contribution in [0.15, 0.2) is 48.5 Å². The number of ether oxygens (including phenoxy) is 1. The molecule has 2 aromatic carbocycles. The topological polar surface area (TPSA) is 29.5 Å². The lowest BCUT2D eigenvalue weighted by atomic mass is 9.93. The normalized spacial score (nSPS) is 17.0. The number of amides is 1. The van der Waals surface area contributed by atoms with Crippen LogP contribution in [0.3, 0.4) is 0 Å². The van der Waals surface area contributed by atoms with E-state index >= 15 is 0 Å². The van der Waals surface area contributed by atoms with Crippen molar-refractivity contribution in [1.29, 1.82) is 0 Å². The Morgan fingerprint density at radius 1 is 1.17 bits per heavy atom. The third-order valence-corrected chi connectivity index (χ3v) is 3.96. The number of carbonyl (C=O) groups is 1. The number of hydrogen-bond acceptors (Lipinski definition) is 2. The first-order chi connectivity index (χ1) is 10.9. The number of hydrogen-bond donors (Lipinski definition) is 0. The summed E-state index contributed by atoms with van der Waals surface area (Å²) >= 11 is 0. The number of nitrogens with zero attached hydrogens (tertiary/aromatic N) is 1. The van der Waals surface area contributed by atoms with E-state index in [1.54, 1.807) is 12.1 Å². The molecular formula is C17H14F3NO2. The molecule has 0 N–H and O–H groups in total. The van der Waals surface area contributed by atoms with Crippen molar-refractivity contribution in [3.05, 3.63) is 59.7 Å². The van der Waals surface area contributed by atoms with Gasteiger partial charge < -0.3 is 9.64 Å². The molecule has 0 fully saturated rings. The zero-order valence-electron chi connectivity index (χ0n) is 12.3. The average Bonchev–Trinajstić information content (AvgIpc) is 2.92. The molecule has 3 rings (SSSR count). The van der Waals surface area contributed by atoms with E-state index in [1.165, 1.54) is 13.2 Å². The number of fused-ring (bicyclic) bond motifs is 1. The van der Waals surface area contributed by atoms with E-state index in [4.69, 9.17) is 4.74 Å². The van der Waals surface area contributed by atoms with Crippen molar-refractivity contribution in [3.8, 4) is 5.75 Å². The number of anilines is 1. The van der Waals surface area contributed by atoms with Gasteiger partial charge in [0.1, 0.15) is 5.75 Å². The van der Waals surface area contributed by atoms with Crippen LogP contribution < -0.4 is 9.64 Å². The van der Waals surface area contributed by atoms with E-state index in [1.807, 2.05) is 30.3 Å². The zero-order valence-corrected chi connectivity index (χ0v) is 12.3. The maximum atomic E-state index is 12.9. The van der Waals surface area contributed by atoms with E-state index in [-0.39, 0.29) is 18.2 Å². The van der Waals surface area contributed by atoms with Crippen molar-refractivity contribution in [2.45, 2.75) is 12.1 Å². The molecule has 1 atom stereocenters. The fraction of sp³-hybridized carbons (Fsp3) is 0.235. The summed E-state index contributed by atoms with van der Waals surface area (Å²) in [6, 6.07) is 14.1. The number of methoxy groups -OCH3 is 1. The Balaban J connectivity index is 2.08. The van der Waals surface area contributed by atoms with Gasteiger partial charge in [0.2, 0.25) is 0 Å². The average molecular weight is 321 g/mol. The quantitative estimate of drug-likeness (QED) is 0.843. The molecule has 23 heavy (non-hydrogen) atoms. The fourth-order valence-electron chi connectivity index (χ4n) is 2.87. The molecule has 0 saturated heterocycles. The molecule has 120 valence electrons. The molecule has 1 heterocycles. The molecule has 1 aliphatic rings. The summed E-state index contributed by atoms with van der Waals surface area (Å²) in [7, 11) is 1.43. The van der Waals surface area contributed by atoms with Crippen LogP contribution in [-0.2, 0) is 4.79 Å². The Morgan fingerprint density at radius 3 is 2.48 bits per heavy atom. The van der Waals surface area contributed by atoms with Gasteiger partial charge in [-0.1, -0.05) is 36.4 Å². The summed E-state index contributed by atoms with van der Waals surface area (Å²) in [6.07, 6.45) is -4.91. The van der Waals surface area contributed by atoms with Gasteiger partial charge in [0.25, 0.3) is 0 Å². The molecule has 3 nitrogen and oxygen atoms in total. The van der Waals surface area contributed by atoms with Gasteiger partial charge in [-0.15, -0.1) is 0 Å². The molecule has 1 amide bonds. The largest absolute Gasteiger partial charge is 0.497 e. The number of rotatable bonds is 2. The fourth-order valence-corrected chi connectivity index (χ4v) is 2.87. The van der Waals surface area contributed by atoms with E-state index in [0.29, 0.717) is 11.3 Å². The Bertz CT molecular complexity index is 728. The molecule has 6 heteroatoms. The first kappa shape index (κ1) is 15.4. The highest BCUT2D eigenvalue weighted by Crippen LogP contribution is 2.43. The van der Waals surface area contributed by atoms with Gasteiger partial charge >= 0.3 is 12.1 Å². The molecule has 0 aromatic heterocycles. The standard InChI is InChI=1S/C17H14F3NO2/c1-23-12-7-8-13-14(11-5-3-2-4-6-11)10-21(15(13)9-12)16(22)17(18,19)20/h2-9,14H,10H2,1H3. The van der Waals surface area contributed by atoms with Crippen LogP contribution in [0.5, 0.6) is 5.75 Å². The number of alkyl halides is 3. The van der Waals surface area contributed by atoms with Crippen LogP contribution in [0.2, 0.25) is 0 Å². The Hall–Kier alpha value is -2.50. The van der Waals surface area contributed by atoms with Crippen molar-refractivity contribution in [2.75, 3.05) is 18.6 Å². The highest BCUT2D eigenvalue weighted by atomic mass is 19.4. The van der Waals surface area contributed by atoms with Crippen LogP contribution in [0.25, 0.3) is 0 Å². The summed E-state index contributed by atoms with van der Waals surface area (Å²) in [5, 5.41) is 0. The minimum absolute atomic E-state index is 0.0368. The van der Waals surface area contributed by atoms with E-state index in [0.717, 1.165) is 10.5 Å². The number of carbonyl (C=O) groups excluding carboxylic acids is 1. The molecule has 0 saturated carbocycles. The second-order valence-electron chi connectivity index (χ2n) is 5.30. The van der Waals surface area contributed by atoms with Crippen molar-refractivity contribution in [2.24, 2.45) is 0 Å². The van der Waals surface area contributed by atoms with Gasteiger partial charge in [-0.25, -0.2) is 0 Å². The molecule has 1 aliphatic heterocycles. The molecule has 1 unspecified atom stereocenters. The first-order valence-corrected chi connectivity index (χ1v) is 7.03. The predicted molar refractivity (Wildman–Crippen MR) is 79.7 cm³/mol. The molecule has 0 radical (unpaired) electrons. The summed E-state index contributed by atoms with van der Waals surface area (Å²) in [5.74, 6) is -1.73. The lowest BCUT2D eigenvalue weighted by Crippen LogP contribution is -2.40. The molecular weight excluding hydrogens is 307 g/mol. The zero-order chi connectivity index (χ0) is 16.6. The second-order valence-corrected chi connectivity index (χ2v) is 5.30. The highest BCUT2D eigenvalue weighted by molar-refractivity contribution is 6.00. The van der Waals surface area contributed by atoms with Gasteiger partial charge in [0, 0.05) is 18.5 Å². The Kier molecular flexibility index (Phi) is 3.75. The highest BCUT2D eigenvalue weighted by Gasteiger charge is 2.46. The van der Waals surface area contributed by atoms with Crippen molar-refractivity contribution in [3.63, 3.8) is 0 Å². The summed E-state index contributed by atoms with van der Waals surface area (Å²) < 4.78 is 43.7. The maximum Gasteiger partial charge on any atom is 0.471 e. The maximum absolute atomic E-state index is 12.9. The second kappa shape index (κ2) is 5.61. The van der Waals surface area contributed by atoms with Gasteiger partial charge in [-0.2, -0.15) is 13.2 Å². The summed E-state index contributed by atoms with van der Waals surface area (Å²) in [6.45, 7) is -0.0368. The lowest BCUT2D eigenvalue weighted by molar-refractivity contribution is -0.170. The van der Waals surface area contributed by atoms with Crippen molar-refractivity contribution >= 4 is 11.6 Å². The third-order valence-electron chi connectivity index (χ3n) is 3.96. The van der Waals surface area contributed by atoms with E-state index < -0.39 is 12.1 Å². The lowest BCUT2D eigenvalue weighted by Gasteiger charge is -2.19. The summed E-state index contributed by atoms with van der Waals surface area (Å²) in [4.78, 5) is 12.6. The van der Waals surface area contributed by atoms with Crippen LogP contribution in [0.1, 0.15) is 17.0 Å². The minimum atomic E-state index is -4.91. The van der Waals surface area contributed by atoms with Crippen LogP contribution in [0, 0.1) is 0 Å². The van der Waals surface area contributed by atoms with Crippen molar-refractivity contribution in [1.82, 2.24) is 0 Å². The van der Waals surface area contributed by atoms with E-state index in [9.17, 15) is 18.0 Å². The monoisotopic (exact) mass is 321 g/mol. The Labute approximate surface area is 131 Å². The molecule has 0 aliphatic carbocycles. The third kappa shape index (κ3) is 2.76. The van der Waals surface area contributed by atoms with Gasteiger partial charge in [0.15, 0.2) is 0 Å². The smallest absolute Gasteiger partial charge is 0.471 e. The van der Waals surface area contributed by atoms with Gasteiger partial charge in [-0.3, -0.25) is 4.79 Å². The predicted octanol–water partition coefficient (Wildman–Crippen LogP) is 3.74. The van der Waals surface area contributed by atoms with Crippen LogP contribution >= 0.6 is 0 Å². The van der Waals surface area contributed by atoms with Gasteiger partial charge in [-0.05, 0) is 17.2 Å². The van der Waals surface area contributed by atoms with Crippen LogP contribution in [-0.4, -0.2) is 25.7 Å². The number of benzene rings is 2. The molecule has 2 aromatic rings. The van der Waals surface area contributed by atoms with Gasteiger partial charge in [0.05, 0.1) is 12.8 Å². The SMILES string of the molecule is COc1ccc2c(c1)N(C(=O)C(F)(F)F)CC2c1ccccc1. The minimum Gasteiger partial charge on any atom is -0.497 e. The number of halogens is 3. The van der Waals surface area contributed by atoms with Crippen molar-refractivity contribution < 1.29 is 22.7 Å². The molecule has 0 bridgehead atoms.